The molecule has 2 saturated heterocycles. The van der Waals surface area contributed by atoms with Crippen molar-refractivity contribution in [1.29, 1.82) is 0 Å². The first kappa shape index (κ1) is 19.3. The van der Waals surface area contributed by atoms with E-state index in [1.165, 1.54) is 27.7 Å². The van der Waals surface area contributed by atoms with E-state index >= 15 is 0 Å². The fraction of sp³-hybridized carbons (Fsp3) is 0.750. The van der Waals surface area contributed by atoms with Gasteiger partial charge in [0.1, 0.15) is 18.5 Å². The quantitative estimate of drug-likeness (QED) is 0.483. The van der Waals surface area contributed by atoms with E-state index in [4.69, 9.17) is 23.7 Å². The number of carbonyl (C=O) groups is 4. The zero-order valence-electron chi connectivity index (χ0n) is 14.6. The number of carbonyl (C=O) groups excluding carboxylic acids is 4. The lowest BCUT2D eigenvalue weighted by atomic mass is 9.82. The van der Waals surface area contributed by atoms with E-state index in [0.717, 1.165) is 0 Å². The van der Waals surface area contributed by atoms with Crippen molar-refractivity contribution in [2.24, 2.45) is 5.92 Å². The summed E-state index contributed by atoms with van der Waals surface area (Å²) >= 11 is 0. The first-order valence-corrected chi connectivity index (χ1v) is 7.91. The van der Waals surface area contributed by atoms with Gasteiger partial charge in [0.25, 0.3) is 0 Å². The minimum atomic E-state index is -1.30. The Morgan fingerprint density at radius 2 is 1.64 bits per heavy atom. The Morgan fingerprint density at radius 1 is 1.00 bits per heavy atom. The van der Waals surface area contributed by atoms with E-state index in [-0.39, 0.29) is 25.4 Å². The summed E-state index contributed by atoms with van der Waals surface area (Å²) < 4.78 is 27.2. The van der Waals surface area contributed by atoms with Gasteiger partial charge in [-0.25, -0.2) is 0 Å². The maximum Gasteiger partial charge on any atom is 0.303 e. The molecule has 5 atom stereocenters. The lowest BCUT2D eigenvalue weighted by Crippen LogP contribution is -2.63. The van der Waals surface area contributed by atoms with Crippen LogP contribution in [0.5, 0.6) is 0 Å². The molecule has 0 unspecified atom stereocenters. The highest BCUT2D eigenvalue weighted by molar-refractivity contribution is 5.76. The maximum atomic E-state index is 11.6. The predicted octanol–water partition coefficient (Wildman–Crippen LogP) is 0.134. The summed E-state index contributed by atoms with van der Waals surface area (Å²) in [5.74, 6) is -2.56. The van der Waals surface area contributed by atoms with Gasteiger partial charge in [-0.15, -0.1) is 0 Å². The van der Waals surface area contributed by atoms with Crippen molar-refractivity contribution in [2.75, 3.05) is 13.2 Å². The van der Waals surface area contributed by atoms with Crippen LogP contribution in [0.3, 0.4) is 0 Å². The second-order valence-corrected chi connectivity index (χ2v) is 6.32. The number of esters is 3. The molecule has 0 radical (unpaired) electrons. The molecular formula is C16H22O9. The van der Waals surface area contributed by atoms with Crippen LogP contribution in [0.25, 0.3) is 0 Å². The molecule has 0 aromatic carbocycles. The van der Waals surface area contributed by atoms with E-state index < -0.39 is 47.9 Å². The summed E-state index contributed by atoms with van der Waals surface area (Å²) in [5.41, 5.74) is -1.30. The first-order valence-electron chi connectivity index (χ1n) is 7.91. The maximum absolute atomic E-state index is 11.6. The number of ether oxygens (including phenoxy) is 5. The van der Waals surface area contributed by atoms with Crippen molar-refractivity contribution in [3.63, 3.8) is 0 Å². The lowest BCUT2D eigenvalue weighted by molar-refractivity contribution is -0.261. The number of Topliss-reactive ketones (excluding diaryl/α,β-unsaturated/α-hetero) is 1. The van der Waals surface area contributed by atoms with Gasteiger partial charge in [0, 0.05) is 27.2 Å². The third-order valence-corrected chi connectivity index (χ3v) is 4.07. The molecule has 9 heteroatoms. The van der Waals surface area contributed by atoms with Crippen LogP contribution in [0, 0.1) is 5.92 Å². The van der Waals surface area contributed by atoms with Gasteiger partial charge in [0.2, 0.25) is 0 Å². The molecule has 0 amide bonds. The molecule has 2 aliphatic rings. The summed E-state index contributed by atoms with van der Waals surface area (Å²) in [6.07, 6.45) is -2.85. The zero-order chi connectivity index (χ0) is 18.8. The van der Waals surface area contributed by atoms with E-state index in [0.29, 0.717) is 0 Å². The minimum absolute atomic E-state index is 0.0179. The van der Waals surface area contributed by atoms with E-state index in [1.54, 1.807) is 0 Å². The zero-order valence-corrected chi connectivity index (χ0v) is 14.6. The largest absolute Gasteiger partial charge is 0.463 e. The molecule has 2 heterocycles. The predicted molar refractivity (Wildman–Crippen MR) is 80.1 cm³/mol. The van der Waals surface area contributed by atoms with Gasteiger partial charge in [-0.1, -0.05) is 0 Å². The van der Waals surface area contributed by atoms with Crippen molar-refractivity contribution in [3.8, 4) is 0 Å². The van der Waals surface area contributed by atoms with Crippen LogP contribution in [-0.2, 0) is 42.9 Å². The van der Waals surface area contributed by atoms with E-state index in [9.17, 15) is 19.2 Å². The summed E-state index contributed by atoms with van der Waals surface area (Å²) in [6, 6.07) is 0. The summed E-state index contributed by atoms with van der Waals surface area (Å²) in [5, 5.41) is 0. The molecule has 2 aliphatic heterocycles. The van der Waals surface area contributed by atoms with Gasteiger partial charge < -0.3 is 28.5 Å². The molecule has 0 aromatic rings. The Labute approximate surface area is 144 Å². The van der Waals surface area contributed by atoms with Gasteiger partial charge in [-0.2, -0.15) is 0 Å². The van der Waals surface area contributed by atoms with Gasteiger partial charge in [-0.3, -0.25) is 14.4 Å². The molecule has 0 aromatic heterocycles. The molecule has 0 N–H and O–H groups in total. The van der Waals surface area contributed by atoms with Crippen molar-refractivity contribution >= 4 is 23.7 Å². The van der Waals surface area contributed by atoms with Crippen LogP contribution in [0.15, 0.2) is 0 Å². The molecule has 0 spiro atoms. The number of ketones is 1. The van der Waals surface area contributed by atoms with Gasteiger partial charge >= 0.3 is 17.9 Å². The Bertz CT molecular complexity index is 572. The van der Waals surface area contributed by atoms with Crippen LogP contribution in [0.2, 0.25) is 0 Å². The Balaban J connectivity index is 2.38. The van der Waals surface area contributed by atoms with Crippen LogP contribution in [0.1, 0.15) is 34.1 Å². The highest BCUT2D eigenvalue weighted by Gasteiger charge is 2.63. The van der Waals surface area contributed by atoms with Crippen molar-refractivity contribution < 1.29 is 42.9 Å². The first-order chi connectivity index (χ1) is 11.6. The molecule has 9 nitrogen and oxygen atoms in total. The average Bonchev–Trinajstić information content (AvgIpc) is 2.87. The summed E-state index contributed by atoms with van der Waals surface area (Å²) in [6.45, 7) is 4.77. The highest BCUT2D eigenvalue weighted by atomic mass is 16.8. The van der Waals surface area contributed by atoms with Gasteiger partial charge in [0.15, 0.2) is 18.0 Å². The second kappa shape index (κ2) is 7.49. The van der Waals surface area contributed by atoms with Gasteiger partial charge in [-0.05, 0) is 6.92 Å². The molecule has 25 heavy (non-hydrogen) atoms. The number of rotatable bonds is 6. The number of hydrogen-bond donors (Lipinski definition) is 0. The number of hydrogen-bond acceptors (Lipinski definition) is 9. The fourth-order valence-electron chi connectivity index (χ4n) is 3.18. The summed E-state index contributed by atoms with van der Waals surface area (Å²) in [4.78, 5) is 46.0. The topological polar surface area (TPSA) is 114 Å². The molecule has 2 bridgehead atoms. The molecular weight excluding hydrogens is 336 g/mol. The van der Waals surface area contributed by atoms with Crippen LogP contribution < -0.4 is 0 Å². The second-order valence-electron chi connectivity index (χ2n) is 6.32. The van der Waals surface area contributed by atoms with E-state index in [2.05, 4.69) is 0 Å². The summed E-state index contributed by atoms with van der Waals surface area (Å²) in [7, 11) is 0. The highest BCUT2D eigenvalue weighted by Crippen LogP contribution is 2.44. The van der Waals surface area contributed by atoms with E-state index in [1.807, 2.05) is 0 Å². The smallest absolute Gasteiger partial charge is 0.303 e. The Kier molecular flexibility index (Phi) is 5.79. The molecule has 2 rings (SSSR count). The molecule has 0 aliphatic carbocycles. The Morgan fingerprint density at radius 3 is 2.16 bits per heavy atom. The standard InChI is InChI=1S/C16H22O9/c1-8(17)5-12-13(23-10(3)19)14(24-11(4)20)16(6-21-9(2)18)7-22-15(12)25-16/h12-15H,5-7H2,1-4H3/t12-,13-,14-,15+,16+/m1/s1. The number of fused-ring (bicyclic) bond motifs is 2. The van der Waals surface area contributed by atoms with Crippen LogP contribution in [-0.4, -0.2) is 61.0 Å². The van der Waals surface area contributed by atoms with Crippen LogP contribution >= 0.6 is 0 Å². The van der Waals surface area contributed by atoms with Gasteiger partial charge in [0.05, 0.1) is 12.5 Å². The molecule has 0 saturated carbocycles. The van der Waals surface area contributed by atoms with Crippen LogP contribution in [0.4, 0.5) is 0 Å². The third-order valence-electron chi connectivity index (χ3n) is 4.07. The van der Waals surface area contributed by atoms with Crippen molar-refractivity contribution in [3.05, 3.63) is 0 Å². The molecule has 140 valence electrons. The monoisotopic (exact) mass is 358 g/mol. The Hall–Kier alpha value is -2.00. The SMILES string of the molecule is CC(=O)C[C@H]1[C@H]2OC[C@](COC(C)=O)(O2)[C@H](OC(C)=O)[C@@H]1OC(C)=O. The normalized spacial score (nSPS) is 33.4. The van der Waals surface area contributed by atoms with Crippen molar-refractivity contribution in [2.45, 2.75) is 58.2 Å². The molecule has 2 fully saturated rings. The van der Waals surface area contributed by atoms with Crippen molar-refractivity contribution in [1.82, 2.24) is 0 Å². The third kappa shape index (κ3) is 4.35. The fourth-order valence-corrected chi connectivity index (χ4v) is 3.18. The lowest BCUT2D eigenvalue weighted by Gasteiger charge is -2.45. The average molecular weight is 358 g/mol. The minimum Gasteiger partial charge on any atom is -0.463 e.